The van der Waals surface area contributed by atoms with E-state index in [4.69, 9.17) is 4.74 Å². The van der Waals surface area contributed by atoms with Crippen molar-refractivity contribution < 1.29 is 17.9 Å². The number of aromatic nitrogens is 2. The molecule has 1 aliphatic rings. The van der Waals surface area contributed by atoms with E-state index in [9.17, 15) is 13.2 Å². The summed E-state index contributed by atoms with van der Waals surface area (Å²) < 4.78 is 26.9. The molecule has 1 amide bonds. The highest BCUT2D eigenvalue weighted by Gasteiger charge is 2.19. The van der Waals surface area contributed by atoms with Crippen LogP contribution in [0.2, 0.25) is 0 Å². The monoisotopic (exact) mass is 344 g/mol. The molecule has 8 nitrogen and oxygen atoms in total. The molecule has 1 aromatic heterocycles. The zero-order valence-corrected chi connectivity index (χ0v) is 13.9. The minimum absolute atomic E-state index is 0.189. The largest absolute Gasteiger partial charge is 0.448 e. The van der Waals surface area contributed by atoms with Gasteiger partial charge in [0.25, 0.3) is 0 Å². The fraction of sp³-hybridized carbons (Fsp3) is 0.500. The Morgan fingerprint density at radius 1 is 1.45 bits per heavy atom. The molecule has 2 heterocycles. The van der Waals surface area contributed by atoms with Crippen molar-refractivity contribution in [1.29, 1.82) is 0 Å². The molecule has 22 heavy (non-hydrogen) atoms. The number of anilines is 1. The fourth-order valence-corrected chi connectivity index (χ4v) is 2.76. The van der Waals surface area contributed by atoms with Crippen LogP contribution in [-0.4, -0.2) is 63.1 Å². The first-order valence-corrected chi connectivity index (χ1v) is 9.36. The maximum Gasteiger partial charge on any atom is 0.415 e. The highest BCUT2D eigenvalue weighted by molar-refractivity contribution is 7.90. The van der Waals surface area contributed by atoms with Crippen LogP contribution in [0.25, 0.3) is 5.57 Å². The number of hydrogen-bond acceptors (Lipinski definition) is 8. The number of amides is 1. The molecule has 0 saturated carbocycles. The fourth-order valence-electron chi connectivity index (χ4n) is 1.58. The number of aliphatic imine (C=N–C) groups is 1. The molecule has 0 atom stereocenters. The maximum absolute atomic E-state index is 11.8. The van der Waals surface area contributed by atoms with Crippen molar-refractivity contribution >= 4 is 44.2 Å². The van der Waals surface area contributed by atoms with E-state index in [-0.39, 0.29) is 12.4 Å². The van der Waals surface area contributed by atoms with Crippen LogP contribution in [0.5, 0.6) is 0 Å². The Hall–Kier alpha value is -1.81. The van der Waals surface area contributed by atoms with Crippen molar-refractivity contribution in [3.63, 3.8) is 0 Å². The first kappa shape index (κ1) is 16.6. The van der Waals surface area contributed by atoms with Crippen molar-refractivity contribution in [3.05, 3.63) is 11.1 Å². The third-order valence-corrected chi connectivity index (χ3v) is 4.71. The second kappa shape index (κ2) is 6.97. The summed E-state index contributed by atoms with van der Waals surface area (Å²) in [5.41, 5.74) is 0.883. The van der Waals surface area contributed by atoms with Gasteiger partial charge in [0.2, 0.25) is 5.13 Å². The molecule has 0 aromatic carbocycles. The Kier molecular flexibility index (Phi) is 5.24. The lowest BCUT2D eigenvalue weighted by atomic mass is 10.2. The molecule has 0 fully saturated rings. The molecule has 0 aliphatic carbocycles. The second-order valence-corrected chi connectivity index (χ2v) is 7.89. The summed E-state index contributed by atoms with van der Waals surface area (Å²) in [6.45, 7) is 0.577. The smallest absolute Gasteiger partial charge is 0.415 e. The van der Waals surface area contributed by atoms with Gasteiger partial charge in [-0.25, -0.2) is 13.2 Å². The van der Waals surface area contributed by atoms with E-state index in [1.54, 1.807) is 6.21 Å². The molecule has 0 radical (unpaired) electrons. The van der Waals surface area contributed by atoms with Crippen molar-refractivity contribution in [2.45, 2.75) is 6.42 Å². The number of allylic oxidation sites excluding steroid dienone is 1. The van der Waals surface area contributed by atoms with Gasteiger partial charge in [0, 0.05) is 31.6 Å². The Morgan fingerprint density at radius 3 is 2.86 bits per heavy atom. The molecule has 0 spiro atoms. The normalized spacial score (nSPS) is 14.5. The molecule has 1 aromatic rings. The van der Waals surface area contributed by atoms with Crippen molar-refractivity contribution in [2.75, 3.05) is 37.1 Å². The van der Waals surface area contributed by atoms with Crippen molar-refractivity contribution in [2.24, 2.45) is 4.99 Å². The standard InChI is InChI=1S/C12H16N4O4S2/c1-16(12(17)20-6-7-22(2,18)19)11-15-14-10(21-11)9-4-3-5-13-8-9/h4,8H,3,5-7H2,1-2H3. The number of carbonyl (C=O) groups is 1. The highest BCUT2D eigenvalue weighted by atomic mass is 32.2. The van der Waals surface area contributed by atoms with Gasteiger partial charge in [-0.15, -0.1) is 10.2 Å². The van der Waals surface area contributed by atoms with E-state index in [1.807, 2.05) is 6.08 Å². The molecule has 120 valence electrons. The average Bonchev–Trinajstić information content (AvgIpc) is 2.95. The zero-order valence-electron chi connectivity index (χ0n) is 12.2. The van der Waals surface area contributed by atoms with Gasteiger partial charge in [0.15, 0.2) is 14.8 Å². The van der Waals surface area contributed by atoms with Gasteiger partial charge in [-0.3, -0.25) is 9.89 Å². The van der Waals surface area contributed by atoms with Crippen LogP contribution in [0, 0.1) is 0 Å². The summed E-state index contributed by atoms with van der Waals surface area (Å²) in [5, 5.41) is 9.02. The number of rotatable bonds is 5. The Balaban J connectivity index is 1.96. The topological polar surface area (TPSA) is 102 Å². The van der Waals surface area contributed by atoms with Gasteiger partial charge >= 0.3 is 6.09 Å². The minimum atomic E-state index is -3.16. The van der Waals surface area contributed by atoms with E-state index < -0.39 is 15.9 Å². The first-order valence-electron chi connectivity index (χ1n) is 6.49. The third kappa shape index (κ3) is 4.60. The average molecular weight is 344 g/mol. The summed E-state index contributed by atoms with van der Waals surface area (Å²) in [4.78, 5) is 17.2. The second-order valence-electron chi connectivity index (χ2n) is 4.68. The number of hydrogen-bond donors (Lipinski definition) is 0. The summed E-state index contributed by atoms with van der Waals surface area (Å²) >= 11 is 1.24. The van der Waals surface area contributed by atoms with E-state index in [2.05, 4.69) is 15.2 Å². The predicted octanol–water partition coefficient (Wildman–Crippen LogP) is 1.01. The lowest BCUT2D eigenvalue weighted by molar-refractivity contribution is 0.162. The van der Waals surface area contributed by atoms with Crippen LogP contribution in [0.15, 0.2) is 11.1 Å². The quantitative estimate of drug-likeness (QED) is 0.790. The van der Waals surface area contributed by atoms with E-state index in [0.29, 0.717) is 10.1 Å². The first-order chi connectivity index (χ1) is 10.4. The van der Waals surface area contributed by atoms with Crippen LogP contribution in [0.1, 0.15) is 11.4 Å². The van der Waals surface area contributed by atoms with Crippen molar-refractivity contribution in [1.82, 2.24) is 10.2 Å². The number of dihydropyridines is 1. The van der Waals surface area contributed by atoms with Crippen LogP contribution >= 0.6 is 11.3 Å². The summed E-state index contributed by atoms with van der Waals surface area (Å²) in [6, 6.07) is 0. The molecular weight excluding hydrogens is 328 g/mol. The number of ether oxygens (including phenoxy) is 1. The van der Waals surface area contributed by atoms with Gasteiger partial charge < -0.3 is 4.74 Å². The van der Waals surface area contributed by atoms with Crippen LogP contribution in [0.4, 0.5) is 9.93 Å². The lowest BCUT2D eigenvalue weighted by Crippen LogP contribution is -2.28. The Bertz CT molecular complexity index is 708. The lowest BCUT2D eigenvalue weighted by Gasteiger charge is -2.12. The predicted molar refractivity (Wildman–Crippen MR) is 85.3 cm³/mol. The summed E-state index contributed by atoms with van der Waals surface area (Å²) in [6.07, 6.45) is 5.02. The van der Waals surface area contributed by atoms with Gasteiger partial charge in [-0.2, -0.15) is 0 Å². The van der Waals surface area contributed by atoms with Gasteiger partial charge in [-0.1, -0.05) is 17.4 Å². The molecule has 0 unspecified atom stereocenters. The van der Waals surface area contributed by atoms with E-state index in [0.717, 1.165) is 24.8 Å². The van der Waals surface area contributed by atoms with Crippen LogP contribution in [-0.2, 0) is 14.6 Å². The molecule has 0 saturated heterocycles. The Morgan fingerprint density at radius 2 is 2.23 bits per heavy atom. The van der Waals surface area contributed by atoms with Gasteiger partial charge in [-0.05, 0) is 6.42 Å². The maximum atomic E-state index is 11.8. The zero-order chi connectivity index (χ0) is 16.2. The molecule has 0 N–H and O–H groups in total. The van der Waals surface area contributed by atoms with Crippen LogP contribution in [0.3, 0.4) is 0 Å². The number of sulfone groups is 1. The number of carbonyl (C=O) groups excluding carboxylic acids is 1. The SMILES string of the molecule is CN(C(=O)OCCS(C)(=O)=O)c1nnc(C2=CCCN=C2)s1. The molecular formula is C12H16N4O4S2. The Labute approximate surface area is 132 Å². The molecule has 0 bridgehead atoms. The van der Waals surface area contributed by atoms with E-state index in [1.165, 1.54) is 23.3 Å². The molecule has 1 aliphatic heterocycles. The van der Waals surface area contributed by atoms with Crippen LogP contribution < -0.4 is 4.90 Å². The van der Waals surface area contributed by atoms with E-state index >= 15 is 0 Å². The number of nitrogens with zero attached hydrogens (tertiary/aromatic N) is 4. The third-order valence-electron chi connectivity index (χ3n) is 2.75. The minimum Gasteiger partial charge on any atom is -0.448 e. The van der Waals surface area contributed by atoms with Gasteiger partial charge in [0.1, 0.15) is 6.61 Å². The molecule has 2 rings (SSSR count). The van der Waals surface area contributed by atoms with Crippen molar-refractivity contribution in [3.8, 4) is 0 Å². The molecule has 10 heteroatoms. The highest BCUT2D eigenvalue weighted by Crippen LogP contribution is 2.25. The summed E-state index contributed by atoms with van der Waals surface area (Å²) in [7, 11) is -1.67. The van der Waals surface area contributed by atoms with Gasteiger partial charge in [0.05, 0.1) is 5.75 Å². The summed E-state index contributed by atoms with van der Waals surface area (Å²) in [5.74, 6) is -0.211.